The summed E-state index contributed by atoms with van der Waals surface area (Å²) < 4.78 is 108. The van der Waals surface area contributed by atoms with E-state index < -0.39 is 46.6 Å². The fraction of sp³-hybridized carbons (Fsp3) is 0.696. The van der Waals surface area contributed by atoms with Gasteiger partial charge in [-0.15, -0.1) is 0 Å². The highest BCUT2D eigenvalue weighted by Crippen LogP contribution is 2.40. The predicted octanol–water partition coefficient (Wildman–Crippen LogP) is 25.2. The molecule has 26 heteroatoms. The van der Waals surface area contributed by atoms with Crippen LogP contribution >= 0.6 is 0 Å². The molecule has 0 radical (unpaired) electrons. The lowest BCUT2D eigenvalue weighted by atomic mass is 9.87. The highest BCUT2D eigenvalue weighted by molar-refractivity contribution is 5.96. The van der Waals surface area contributed by atoms with Crippen molar-refractivity contribution in [3.63, 3.8) is 0 Å². The maximum atomic E-state index is 14.1. The van der Waals surface area contributed by atoms with Crippen molar-refractivity contribution < 1.29 is 40.2 Å². The van der Waals surface area contributed by atoms with Crippen molar-refractivity contribution in [2.24, 2.45) is 30.9 Å². The molecule has 0 heterocycles. The van der Waals surface area contributed by atoms with E-state index in [1.807, 2.05) is 48.5 Å². The fourth-order valence-corrected chi connectivity index (χ4v) is 20.1. The third kappa shape index (κ3) is 34.7. The van der Waals surface area contributed by atoms with Crippen LogP contribution in [0.15, 0.2) is 97.8 Å². The lowest BCUT2D eigenvalue weighted by molar-refractivity contribution is -0.258. The molecule has 11 aliphatic carbocycles. The maximum Gasteiger partial charge on any atom is 0.421 e. The number of aliphatic imine (C=N–C) groups is 5. The van der Waals surface area contributed by atoms with Crippen molar-refractivity contribution >= 4 is 52.5 Å². The number of guanidine groups is 5. The first-order valence-corrected chi connectivity index (χ1v) is 50.2. The number of nitrogens with one attached hydrogen (secondary N) is 10. The normalized spacial score (nSPS) is 21.5. The lowest BCUT2D eigenvalue weighted by Gasteiger charge is -2.29. The fourth-order valence-electron chi connectivity index (χ4n) is 20.1. The van der Waals surface area contributed by atoms with E-state index in [-0.39, 0.29) is 29.6 Å². The Balaban J connectivity index is 0.000000155. The smallest absolute Gasteiger partial charge is 0.376 e. The third-order valence-electron chi connectivity index (χ3n) is 28.0. The van der Waals surface area contributed by atoms with E-state index in [0.29, 0.717) is 65.1 Å². The Morgan fingerprint density at radius 3 is 0.797 bits per heavy atom. The topological polar surface area (TPSA) is 250 Å². The van der Waals surface area contributed by atoms with E-state index in [0.717, 1.165) is 139 Å². The van der Waals surface area contributed by atoms with Gasteiger partial charge < -0.3 is 58.3 Å². The summed E-state index contributed by atoms with van der Waals surface area (Å²) in [6.07, 6.45) is 64.5. The summed E-state index contributed by atoms with van der Waals surface area (Å²) in [5.74, 6) is -5.18. The minimum Gasteiger partial charge on any atom is -0.376 e. The van der Waals surface area contributed by atoms with Crippen molar-refractivity contribution in [1.82, 2.24) is 31.9 Å². The lowest BCUT2D eigenvalue weighted by Crippen LogP contribution is -2.48. The Morgan fingerprint density at radius 1 is 0.312 bits per heavy atom. The van der Waals surface area contributed by atoms with Crippen LogP contribution < -0.4 is 53.2 Å². The number of nitriles is 2. The van der Waals surface area contributed by atoms with E-state index in [4.69, 9.17) is 30.5 Å². The van der Waals surface area contributed by atoms with Gasteiger partial charge in [0, 0.05) is 59.9 Å². The second kappa shape index (κ2) is 54.4. The van der Waals surface area contributed by atoms with Crippen LogP contribution in [-0.4, -0.2) is 108 Å². The molecule has 11 N–H and O–H groups in total. The van der Waals surface area contributed by atoms with Gasteiger partial charge in [0.25, 0.3) is 0 Å². The van der Waals surface area contributed by atoms with Gasteiger partial charge in [-0.1, -0.05) is 237 Å². The van der Waals surface area contributed by atoms with E-state index >= 15 is 0 Å². The van der Waals surface area contributed by atoms with Crippen molar-refractivity contribution in [2.75, 3.05) is 27.8 Å². The summed E-state index contributed by atoms with van der Waals surface area (Å²) in [5, 5.41) is 61.8. The molecule has 18 nitrogen and oxygen atoms in total. The third-order valence-corrected chi connectivity index (χ3v) is 28.0. The Kier molecular flexibility index (Phi) is 42.6. The van der Waals surface area contributed by atoms with Crippen molar-refractivity contribution in [3.8, 4) is 12.1 Å². The zero-order valence-corrected chi connectivity index (χ0v) is 76.7. The number of rotatable bonds is 18. The van der Waals surface area contributed by atoms with Crippen molar-refractivity contribution in [1.29, 1.82) is 10.5 Å². The monoisotopic (exact) mass is 1780 g/mol. The standard InChI is InChI=1S/C22H32F3N3O.C21H39N3.2C20H28N4.C19H24F5N3/c1-21(29,22(23,24)25)16-12-14-19(15-13-16)28-20(26-17-8-4-2-5-9-17)27-18-10-6-3-7-11-18;1-4-10-18(11-5-1)16-17-22-21(23-19-12-6-2-7-13-19)24-20-14-8-3-9-15-20;2*21-15-16-11-13-19(14-12-16)24-20(22-17-7-3-1-4-8-17)23-18-9-5-2-6-10-18;20-13-14(21)16(23)18(17(24)15(13)22)27-19(25-11-7-3-1-4-8-11)26-12-9-5-2-6-10-12/h12-15,17-18,29H,2-11H2,1H3,(H2,26,27,28);18-20H,1-17H2,(H2,22,23,24);2*11-14,17-18H,1-10H2,(H2,22,23,24);11-12H,1-10H2,(H2,25,26,27). The molecular formula is C102H151F8N17O. The maximum absolute atomic E-state index is 14.1. The zero-order valence-electron chi connectivity index (χ0n) is 76.7. The molecule has 0 aliphatic heterocycles. The van der Waals surface area contributed by atoms with Gasteiger partial charge in [-0.05, 0) is 214 Å². The number of aliphatic hydroxyl groups is 1. The van der Waals surface area contributed by atoms with Gasteiger partial charge in [0.05, 0.1) is 47.4 Å². The number of benzene rings is 4. The molecule has 0 saturated heterocycles. The summed E-state index contributed by atoms with van der Waals surface area (Å²) in [7, 11) is 0. The minimum absolute atomic E-state index is 0.0291. The van der Waals surface area contributed by atoms with Gasteiger partial charge in [0.2, 0.25) is 5.82 Å². The summed E-state index contributed by atoms with van der Waals surface area (Å²) in [4.78, 5) is 24.4. The van der Waals surface area contributed by atoms with Crippen LogP contribution in [0.25, 0.3) is 0 Å². The summed E-state index contributed by atoms with van der Waals surface area (Å²) >= 11 is 0. The summed E-state index contributed by atoms with van der Waals surface area (Å²) in [5.41, 5.74) is -0.0995. The van der Waals surface area contributed by atoms with Crippen LogP contribution in [0.4, 0.5) is 57.9 Å². The van der Waals surface area contributed by atoms with Gasteiger partial charge in [-0.25, -0.2) is 41.9 Å². The zero-order chi connectivity index (χ0) is 90.0. The molecule has 128 heavy (non-hydrogen) atoms. The van der Waals surface area contributed by atoms with Gasteiger partial charge in [0.15, 0.2) is 58.7 Å². The first-order valence-electron chi connectivity index (χ1n) is 50.2. The average Bonchev–Trinajstić information content (AvgIpc) is 0.795. The Bertz CT molecular complexity index is 3940. The van der Waals surface area contributed by atoms with Crippen molar-refractivity contribution in [2.45, 2.75) is 439 Å². The van der Waals surface area contributed by atoms with Crippen LogP contribution in [0.1, 0.15) is 383 Å². The largest absolute Gasteiger partial charge is 0.421 e. The number of alkyl halides is 3. The SMILES string of the molecule is C1CCC(CCN=C(NC2CCCCC2)NC2CCCCC2)CC1.CC(O)(c1ccc(NC(=NC2CCCCC2)NC2CCCCC2)cc1)C(F)(F)F.Fc1c(F)c(F)c(NC(=NC2CCCCC2)NC2CCCCC2)c(F)c1F.N#Cc1ccc(NC(=NC2CCCCC2)NC2CCCCC2)cc1.N#Cc1ccc(NC(=NC2CCCCC2)NC2CCCCC2)cc1. The van der Waals surface area contributed by atoms with Crippen molar-refractivity contribution in [3.05, 3.63) is 119 Å². The predicted molar refractivity (Wildman–Crippen MR) is 506 cm³/mol. The van der Waals surface area contributed by atoms with E-state index in [2.05, 4.69) is 70.3 Å². The second-order valence-electron chi connectivity index (χ2n) is 38.4. The minimum atomic E-state index is -4.72. The van der Waals surface area contributed by atoms with E-state index in [9.17, 15) is 40.2 Å². The molecule has 15 rings (SSSR count). The van der Waals surface area contributed by atoms with Gasteiger partial charge in [-0.3, -0.25) is 4.99 Å². The summed E-state index contributed by atoms with van der Waals surface area (Å²) in [6.45, 7) is 1.79. The molecule has 4 aromatic rings. The Morgan fingerprint density at radius 2 is 0.539 bits per heavy atom. The average molecular weight is 1780 g/mol. The number of nitrogens with zero attached hydrogens (tertiary/aromatic N) is 7. The first kappa shape index (κ1) is 100. The molecule has 0 amide bonds. The van der Waals surface area contributed by atoms with Gasteiger partial charge in [0.1, 0.15) is 5.69 Å². The highest BCUT2D eigenvalue weighted by atomic mass is 19.4. The Labute approximate surface area is 759 Å². The van der Waals surface area contributed by atoms with Crippen LogP contribution in [-0.2, 0) is 5.60 Å². The molecule has 11 aliphatic rings. The number of halogens is 8. The van der Waals surface area contributed by atoms with Gasteiger partial charge in [-0.2, -0.15) is 23.7 Å². The van der Waals surface area contributed by atoms with E-state index in [1.54, 1.807) is 12.1 Å². The molecule has 0 spiro atoms. The van der Waals surface area contributed by atoms with Crippen LogP contribution in [0.5, 0.6) is 0 Å². The molecule has 0 bridgehead atoms. The molecule has 1 unspecified atom stereocenters. The van der Waals surface area contributed by atoms with Crippen LogP contribution in [0, 0.1) is 57.7 Å². The highest BCUT2D eigenvalue weighted by Gasteiger charge is 2.51. The molecular weight excluding hydrogens is 1630 g/mol. The second-order valence-corrected chi connectivity index (χ2v) is 38.4. The molecule has 0 aromatic heterocycles. The molecule has 1 atom stereocenters. The first-order chi connectivity index (χ1) is 62.3. The number of hydrogen-bond donors (Lipinski definition) is 11. The molecule has 706 valence electrons. The molecule has 4 aromatic carbocycles. The Hall–Kier alpha value is -8.39. The number of hydrogen-bond acceptors (Lipinski definition) is 8. The van der Waals surface area contributed by atoms with E-state index in [1.165, 1.54) is 282 Å². The van der Waals surface area contributed by atoms with Crippen LogP contribution in [0.3, 0.4) is 0 Å². The number of anilines is 4. The van der Waals surface area contributed by atoms with Crippen LogP contribution in [0.2, 0.25) is 0 Å². The van der Waals surface area contributed by atoms with Gasteiger partial charge >= 0.3 is 6.18 Å². The molecule has 11 saturated carbocycles. The quantitative estimate of drug-likeness (QED) is 0.0146. The molecule has 11 fully saturated rings. The summed E-state index contributed by atoms with van der Waals surface area (Å²) in [6, 6.07) is 29.3.